The normalized spacial score (nSPS) is 27.5. The molecule has 1 aliphatic carbocycles. The molecule has 0 saturated carbocycles. The second-order valence-electron chi connectivity index (χ2n) is 4.47. The van der Waals surface area contributed by atoms with E-state index in [1.807, 2.05) is 0 Å². The van der Waals surface area contributed by atoms with Gasteiger partial charge in [-0.3, -0.25) is 0 Å². The molecular formula is C11H6F8. The molecule has 0 nitrogen and oxygen atoms in total. The van der Waals surface area contributed by atoms with Crippen LogP contribution in [0.1, 0.15) is 23.6 Å². The third-order valence-corrected chi connectivity index (χ3v) is 3.35. The number of halogens is 8. The molecule has 0 heterocycles. The molecule has 0 fully saturated rings. The van der Waals surface area contributed by atoms with Crippen molar-refractivity contribution in [3.63, 3.8) is 0 Å². The second kappa shape index (κ2) is 3.40. The van der Waals surface area contributed by atoms with Crippen molar-refractivity contribution in [2.24, 2.45) is 0 Å². The highest BCUT2D eigenvalue weighted by atomic mass is 19.3. The first-order chi connectivity index (χ1) is 8.39. The van der Waals surface area contributed by atoms with E-state index in [2.05, 4.69) is 0 Å². The van der Waals surface area contributed by atoms with E-state index in [4.69, 9.17) is 0 Å². The van der Waals surface area contributed by atoms with Crippen molar-refractivity contribution in [1.29, 1.82) is 0 Å². The maximum Gasteiger partial charge on any atom is 0.316 e. The third-order valence-electron chi connectivity index (χ3n) is 3.35. The van der Waals surface area contributed by atoms with Crippen LogP contribution in [0.5, 0.6) is 0 Å². The maximum absolute atomic E-state index is 13.6. The van der Waals surface area contributed by atoms with Gasteiger partial charge in [0.05, 0.1) is 11.1 Å². The first kappa shape index (κ1) is 14.1. The molecule has 0 spiro atoms. The summed E-state index contributed by atoms with van der Waals surface area (Å²) in [5.74, 6) is -16.5. The summed E-state index contributed by atoms with van der Waals surface area (Å²) < 4.78 is 108. The molecule has 1 aliphatic rings. The number of hydrogen-bond donors (Lipinski definition) is 0. The van der Waals surface area contributed by atoms with Crippen LogP contribution in [0.4, 0.5) is 35.1 Å². The summed E-state index contributed by atoms with van der Waals surface area (Å²) in [5, 5.41) is 0. The van der Waals surface area contributed by atoms with Gasteiger partial charge in [0.1, 0.15) is 5.82 Å². The maximum atomic E-state index is 13.6. The minimum Gasteiger partial charge on any atom is -0.230 e. The van der Waals surface area contributed by atoms with Gasteiger partial charge in [-0.1, -0.05) is 0 Å². The zero-order chi connectivity index (χ0) is 15.0. The number of benzene rings is 1. The van der Waals surface area contributed by atoms with Crippen LogP contribution in [0.15, 0.2) is 0 Å². The van der Waals surface area contributed by atoms with Crippen molar-refractivity contribution in [2.75, 3.05) is 0 Å². The Balaban J connectivity index is 3.02. The van der Waals surface area contributed by atoms with Crippen LogP contribution in [0.25, 0.3) is 0 Å². The Bertz CT molecular complexity index is 524. The van der Waals surface area contributed by atoms with Crippen LogP contribution in [0.3, 0.4) is 0 Å². The van der Waals surface area contributed by atoms with E-state index in [0.717, 1.165) is 0 Å². The Kier molecular flexibility index (Phi) is 2.52. The summed E-state index contributed by atoms with van der Waals surface area (Å²) in [6.07, 6.45) is 0. The predicted octanol–water partition coefficient (Wildman–Crippen LogP) is 4.34. The molecular weight excluding hydrogens is 284 g/mol. The molecule has 19 heavy (non-hydrogen) atoms. The molecule has 0 unspecified atom stereocenters. The fraction of sp³-hybridized carbons (Fsp3) is 0.455. The van der Waals surface area contributed by atoms with Crippen molar-refractivity contribution in [1.82, 2.24) is 0 Å². The molecule has 1 aromatic rings. The van der Waals surface area contributed by atoms with E-state index in [-0.39, 0.29) is 6.92 Å². The van der Waals surface area contributed by atoms with E-state index in [1.165, 1.54) is 0 Å². The quantitative estimate of drug-likeness (QED) is 0.492. The fourth-order valence-corrected chi connectivity index (χ4v) is 2.03. The molecule has 8 heteroatoms. The predicted molar refractivity (Wildman–Crippen MR) is 48.4 cm³/mol. The van der Waals surface area contributed by atoms with Crippen LogP contribution in [0, 0.1) is 24.4 Å². The largest absolute Gasteiger partial charge is 0.316 e. The smallest absolute Gasteiger partial charge is 0.230 e. The van der Waals surface area contributed by atoms with Gasteiger partial charge in [-0.2, -0.15) is 17.6 Å². The highest BCUT2D eigenvalue weighted by Crippen LogP contribution is 2.63. The Hall–Kier alpha value is -1.34. The van der Waals surface area contributed by atoms with Gasteiger partial charge < -0.3 is 0 Å². The molecule has 0 aromatic heterocycles. The number of hydrogen-bond acceptors (Lipinski definition) is 0. The minimum atomic E-state index is -5.05. The Morgan fingerprint density at radius 2 is 1.05 bits per heavy atom. The topological polar surface area (TPSA) is 0 Å². The third kappa shape index (κ3) is 1.29. The molecule has 106 valence electrons. The van der Waals surface area contributed by atoms with Crippen molar-refractivity contribution in [3.8, 4) is 0 Å². The average Bonchev–Trinajstić information content (AvgIpc) is 2.39. The summed E-state index contributed by atoms with van der Waals surface area (Å²) in [6, 6.07) is 0. The van der Waals surface area contributed by atoms with Gasteiger partial charge in [-0.05, 0) is 13.8 Å². The van der Waals surface area contributed by atoms with Gasteiger partial charge in [-0.15, -0.1) is 0 Å². The van der Waals surface area contributed by atoms with Gasteiger partial charge in [0.2, 0.25) is 5.67 Å². The summed E-state index contributed by atoms with van der Waals surface area (Å²) in [7, 11) is 0. The first-order valence-corrected chi connectivity index (χ1v) is 5.01. The highest BCUT2D eigenvalue weighted by Gasteiger charge is 2.77. The lowest BCUT2D eigenvalue weighted by Crippen LogP contribution is -2.45. The van der Waals surface area contributed by atoms with Crippen LogP contribution in [-0.4, -0.2) is 5.67 Å². The zero-order valence-corrected chi connectivity index (χ0v) is 9.52. The van der Waals surface area contributed by atoms with Crippen molar-refractivity contribution in [3.05, 3.63) is 34.1 Å². The highest BCUT2D eigenvalue weighted by molar-refractivity contribution is 5.49. The molecule has 0 bridgehead atoms. The molecule has 0 radical (unpaired) electrons. The molecule has 0 amide bonds. The number of fused-ring (bicyclic) bond motifs is 1. The van der Waals surface area contributed by atoms with E-state index in [1.54, 1.807) is 0 Å². The summed E-state index contributed by atoms with van der Waals surface area (Å²) in [6.45, 7) is 0.412. The Labute approximate surface area is 102 Å². The lowest BCUT2D eigenvalue weighted by atomic mass is 9.98. The van der Waals surface area contributed by atoms with E-state index < -0.39 is 51.7 Å². The molecule has 0 aliphatic heterocycles. The van der Waals surface area contributed by atoms with Gasteiger partial charge in [-0.25, -0.2) is 17.6 Å². The molecule has 2 rings (SSSR count). The standard InChI is InChI=1S/C11H6F8/c1-3-6(12)4-5(8(14)7(3)13)11(18,19)9(2,15)10(4,16)17/h1-2H3/t9-/m1/s1. The van der Waals surface area contributed by atoms with E-state index >= 15 is 0 Å². The van der Waals surface area contributed by atoms with Crippen LogP contribution >= 0.6 is 0 Å². The lowest BCUT2D eigenvalue weighted by molar-refractivity contribution is -0.230. The van der Waals surface area contributed by atoms with Crippen LogP contribution < -0.4 is 0 Å². The number of alkyl halides is 5. The molecule has 1 atom stereocenters. The molecule has 1 aromatic carbocycles. The Morgan fingerprint density at radius 1 is 0.684 bits per heavy atom. The summed E-state index contributed by atoms with van der Waals surface area (Å²) in [4.78, 5) is 0. The number of rotatable bonds is 0. The SMILES string of the molecule is Cc1c(F)c(F)c2c(c1F)C(F)(F)[C@@](C)(F)C2(F)F. The fourth-order valence-electron chi connectivity index (χ4n) is 2.03. The summed E-state index contributed by atoms with van der Waals surface area (Å²) >= 11 is 0. The van der Waals surface area contributed by atoms with Crippen LogP contribution in [-0.2, 0) is 11.8 Å². The van der Waals surface area contributed by atoms with Crippen molar-refractivity contribution < 1.29 is 35.1 Å². The first-order valence-electron chi connectivity index (χ1n) is 5.01. The van der Waals surface area contributed by atoms with E-state index in [0.29, 0.717) is 6.92 Å². The van der Waals surface area contributed by atoms with Gasteiger partial charge >= 0.3 is 11.8 Å². The van der Waals surface area contributed by atoms with Gasteiger partial charge in [0.25, 0.3) is 0 Å². The molecule has 0 N–H and O–H groups in total. The van der Waals surface area contributed by atoms with Gasteiger partial charge in [0.15, 0.2) is 11.6 Å². The monoisotopic (exact) mass is 290 g/mol. The molecule has 0 saturated heterocycles. The average molecular weight is 290 g/mol. The van der Waals surface area contributed by atoms with E-state index in [9.17, 15) is 35.1 Å². The summed E-state index contributed by atoms with van der Waals surface area (Å²) in [5.41, 5.74) is -10.1. The van der Waals surface area contributed by atoms with Crippen molar-refractivity contribution in [2.45, 2.75) is 31.4 Å². The Morgan fingerprint density at radius 3 is 1.47 bits per heavy atom. The lowest BCUT2D eigenvalue weighted by Gasteiger charge is -2.27. The van der Waals surface area contributed by atoms with Crippen LogP contribution in [0.2, 0.25) is 0 Å². The second-order valence-corrected chi connectivity index (χ2v) is 4.47. The minimum absolute atomic E-state index is 0.181. The van der Waals surface area contributed by atoms with Gasteiger partial charge in [0, 0.05) is 5.56 Å². The van der Waals surface area contributed by atoms with Crippen molar-refractivity contribution >= 4 is 0 Å². The zero-order valence-electron chi connectivity index (χ0n) is 9.52.